The number of H-pyrrole nitrogens is 1. The van der Waals surface area contributed by atoms with Crippen molar-refractivity contribution in [3.8, 4) is 0 Å². The van der Waals surface area contributed by atoms with Gasteiger partial charge in [-0.2, -0.15) is 0 Å². The fourth-order valence-corrected chi connectivity index (χ4v) is 5.25. The van der Waals surface area contributed by atoms with Crippen LogP contribution >= 0.6 is 0 Å². The Labute approximate surface area is 222 Å². The van der Waals surface area contributed by atoms with E-state index in [0.29, 0.717) is 5.69 Å². The number of nitrogen functional groups attached to an aromatic ring is 1. The van der Waals surface area contributed by atoms with E-state index in [9.17, 15) is 0 Å². The molecule has 4 aromatic carbocycles. The lowest BCUT2D eigenvalue weighted by atomic mass is 9.95. The molecule has 0 spiro atoms. The molecule has 0 bridgehead atoms. The molecule has 0 aliphatic heterocycles. The van der Waals surface area contributed by atoms with Gasteiger partial charge in [-0.25, -0.2) is 0 Å². The molecule has 4 nitrogen and oxygen atoms in total. The van der Waals surface area contributed by atoms with Gasteiger partial charge in [0.2, 0.25) is 0 Å². The maximum absolute atomic E-state index is 6.56. The molecule has 4 N–H and O–H groups in total. The van der Waals surface area contributed by atoms with Crippen molar-refractivity contribution >= 4 is 60.8 Å². The van der Waals surface area contributed by atoms with Gasteiger partial charge in [0, 0.05) is 50.2 Å². The molecule has 1 atom stereocenters. The van der Waals surface area contributed by atoms with Gasteiger partial charge < -0.3 is 20.5 Å². The van der Waals surface area contributed by atoms with Gasteiger partial charge in [-0.15, -0.1) is 0 Å². The second-order valence-electron chi connectivity index (χ2n) is 9.79. The number of furan rings is 1. The first-order valence-electron chi connectivity index (χ1n) is 13.1. The van der Waals surface area contributed by atoms with Crippen LogP contribution in [0.3, 0.4) is 0 Å². The number of nitrogens with one attached hydrogen (secondary N) is 2. The van der Waals surface area contributed by atoms with Crippen LogP contribution in [0.1, 0.15) is 31.7 Å². The van der Waals surface area contributed by atoms with Gasteiger partial charge >= 0.3 is 0 Å². The van der Waals surface area contributed by atoms with Crippen molar-refractivity contribution in [2.45, 2.75) is 26.2 Å². The largest absolute Gasteiger partial charge is 0.456 e. The maximum Gasteiger partial charge on any atom is 0.137 e. The summed E-state index contributed by atoms with van der Waals surface area (Å²) in [5, 5.41) is 8.20. The smallest absolute Gasteiger partial charge is 0.137 e. The van der Waals surface area contributed by atoms with E-state index in [1.54, 1.807) is 0 Å². The Balaban J connectivity index is 1.50. The number of rotatable bonds is 7. The molecule has 0 amide bonds. The monoisotopic (exact) mass is 497 g/mol. The number of aromatic amines is 1. The highest BCUT2D eigenvalue weighted by Gasteiger charge is 2.16. The van der Waals surface area contributed by atoms with Crippen LogP contribution in [0.15, 0.2) is 114 Å². The number of hydrogen-bond donors (Lipinski definition) is 3. The van der Waals surface area contributed by atoms with Gasteiger partial charge in [-0.3, -0.25) is 0 Å². The molecule has 2 aromatic heterocycles. The van der Waals surface area contributed by atoms with Crippen molar-refractivity contribution in [3.05, 3.63) is 115 Å². The first-order valence-corrected chi connectivity index (χ1v) is 13.1. The van der Waals surface area contributed by atoms with Crippen LogP contribution in [-0.2, 0) is 0 Å². The van der Waals surface area contributed by atoms with Crippen LogP contribution in [0.5, 0.6) is 0 Å². The zero-order chi connectivity index (χ0) is 26.2. The summed E-state index contributed by atoms with van der Waals surface area (Å²) in [6.07, 6.45) is 9.31. The summed E-state index contributed by atoms with van der Waals surface area (Å²) in [5.74, 6) is 0.160. The minimum atomic E-state index is 0.160. The third-order valence-electron chi connectivity index (χ3n) is 7.32. The van der Waals surface area contributed by atoms with Gasteiger partial charge in [0.25, 0.3) is 0 Å². The van der Waals surface area contributed by atoms with Crippen molar-refractivity contribution < 1.29 is 4.42 Å². The van der Waals surface area contributed by atoms with Gasteiger partial charge in [0.1, 0.15) is 11.2 Å². The molecule has 6 aromatic rings. The summed E-state index contributed by atoms with van der Waals surface area (Å²) in [6, 6.07) is 25.0. The van der Waals surface area contributed by atoms with E-state index in [2.05, 4.69) is 97.5 Å². The van der Waals surface area contributed by atoms with Crippen LogP contribution in [-0.4, -0.2) is 4.98 Å². The Morgan fingerprint density at radius 1 is 0.921 bits per heavy atom. The Bertz CT molecular complexity index is 1880. The van der Waals surface area contributed by atoms with Crippen molar-refractivity contribution in [2.24, 2.45) is 0 Å². The zero-order valence-corrected chi connectivity index (χ0v) is 21.7. The SMILES string of the molecule is C=C/C=C(/C=C\C(C)c1cc2[nH]c3ccccc3c2cc1Nc1cc2c(cc1N)oc1ccccc12)CC. The predicted octanol–water partition coefficient (Wildman–Crippen LogP) is 9.73. The quantitative estimate of drug-likeness (QED) is 0.152. The highest BCUT2D eigenvalue weighted by molar-refractivity contribution is 6.10. The summed E-state index contributed by atoms with van der Waals surface area (Å²) < 4.78 is 6.05. The normalized spacial score (nSPS) is 13.3. The van der Waals surface area contributed by atoms with E-state index in [0.717, 1.165) is 50.8 Å². The topological polar surface area (TPSA) is 67.0 Å². The molecule has 0 saturated heterocycles. The standard InChI is InChI=1S/C34H31N3O/c1-4-10-22(5-2)16-15-21(3)25-17-31-26(23-11-6-8-13-29(23)36-31)18-30(25)37-32-19-27-24-12-7-9-14-33(24)38-34(27)20-28(32)35/h4,6-21,36-37H,1,5,35H2,2-3H3/b16-15-,22-10+. The lowest BCUT2D eigenvalue weighted by Crippen LogP contribution is -2.01. The second-order valence-corrected chi connectivity index (χ2v) is 9.79. The zero-order valence-electron chi connectivity index (χ0n) is 21.7. The highest BCUT2D eigenvalue weighted by Crippen LogP contribution is 2.39. The maximum atomic E-state index is 6.56. The van der Waals surface area contributed by atoms with E-state index in [-0.39, 0.29) is 5.92 Å². The Morgan fingerprint density at radius 2 is 1.68 bits per heavy atom. The summed E-state index contributed by atoms with van der Waals surface area (Å²) in [4.78, 5) is 3.60. The van der Waals surface area contributed by atoms with Crippen LogP contribution in [0, 0.1) is 0 Å². The molecule has 1 unspecified atom stereocenters. The Hall–Kier alpha value is -4.70. The molecule has 188 valence electrons. The number of fused-ring (bicyclic) bond motifs is 6. The molecule has 0 fully saturated rings. The fourth-order valence-electron chi connectivity index (χ4n) is 5.25. The minimum absolute atomic E-state index is 0.160. The summed E-state index contributed by atoms with van der Waals surface area (Å²) in [6.45, 7) is 8.24. The van der Waals surface area contributed by atoms with Crippen molar-refractivity contribution in [3.63, 3.8) is 0 Å². The molecule has 0 radical (unpaired) electrons. The Kier molecular flexibility index (Phi) is 6.01. The summed E-state index contributed by atoms with van der Waals surface area (Å²) in [5.41, 5.74) is 15.4. The van der Waals surface area contributed by atoms with Gasteiger partial charge in [-0.1, -0.05) is 81.1 Å². The first-order chi connectivity index (χ1) is 18.6. The lowest BCUT2D eigenvalue weighted by Gasteiger charge is -2.18. The Morgan fingerprint density at radius 3 is 2.50 bits per heavy atom. The molecule has 38 heavy (non-hydrogen) atoms. The lowest BCUT2D eigenvalue weighted by molar-refractivity contribution is 0.669. The second kappa shape index (κ2) is 9.64. The number of nitrogens with two attached hydrogens (primary N) is 1. The molecular weight excluding hydrogens is 466 g/mol. The van der Waals surface area contributed by atoms with E-state index in [1.807, 2.05) is 30.3 Å². The fraction of sp³-hybridized carbons (Fsp3) is 0.118. The summed E-state index contributed by atoms with van der Waals surface area (Å²) in [7, 11) is 0. The molecule has 0 saturated carbocycles. The highest BCUT2D eigenvalue weighted by atomic mass is 16.3. The van der Waals surface area contributed by atoms with Crippen LogP contribution in [0.4, 0.5) is 17.1 Å². The molecule has 4 heteroatoms. The van der Waals surface area contributed by atoms with Crippen LogP contribution in [0.25, 0.3) is 43.7 Å². The van der Waals surface area contributed by atoms with Gasteiger partial charge in [0.15, 0.2) is 0 Å². The molecule has 6 rings (SSSR count). The minimum Gasteiger partial charge on any atom is -0.456 e. The number of para-hydroxylation sites is 2. The third-order valence-corrected chi connectivity index (χ3v) is 7.32. The van der Waals surface area contributed by atoms with E-state index in [1.165, 1.54) is 21.9 Å². The van der Waals surface area contributed by atoms with Crippen LogP contribution < -0.4 is 11.1 Å². The number of anilines is 3. The van der Waals surface area contributed by atoms with Crippen molar-refractivity contribution in [1.82, 2.24) is 4.98 Å². The number of aromatic nitrogens is 1. The number of hydrogen-bond acceptors (Lipinski definition) is 3. The summed E-state index contributed by atoms with van der Waals surface area (Å²) >= 11 is 0. The van der Waals surface area contributed by atoms with E-state index in [4.69, 9.17) is 10.2 Å². The van der Waals surface area contributed by atoms with Crippen LogP contribution in [0.2, 0.25) is 0 Å². The average molecular weight is 498 g/mol. The molecular formula is C34H31N3O. The van der Waals surface area contributed by atoms with Crippen molar-refractivity contribution in [1.29, 1.82) is 0 Å². The molecule has 2 heterocycles. The van der Waals surface area contributed by atoms with E-state index < -0.39 is 0 Å². The van der Waals surface area contributed by atoms with E-state index >= 15 is 0 Å². The van der Waals surface area contributed by atoms with Gasteiger partial charge in [0.05, 0.1) is 11.4 Å². The molecule has 0 aliphatic carbocycles. The van der Waals surface area contributed by atoms with Gasteiger partial charge in [-0.05, 0) is 47.9 Å². The average Bonchev–Trinajstić information content (AvgIpc) is 3.47. The predicted molar refractivity (Wildman–Crippen MR) is 163 cm³/mol. The first kappa shape index (κ1) is 23.7. The number of benzene rings is 4. The molecule has 0 aliphatic rings. The third kappa shape index (κ3) is 4.14. The number of allylic oxidation sites excluding steroid dienone is 5. The van der Waals surface area contributed by atoms with Crippen molar-refractivity contribution in [2.75, 3.05) is 11.1 Å².